The van der Waals surface area contributed by atoms with E-state index in [0.717, 1.165) is 0 Å². The van der Waals surface area contributed by atoms with Crippen LogP contribution in [0.4, 0.5) is 13.2 Å². The number of carbonyl (C=O) groups excluding carboxylic acids is 4. The molecule has 3 rings (SSSR count). The Morgan fingerprint density at radius 2 is 1.32 bits per heavy atom. The van der Waals surface area contributed by atoms with Gasteiger partial charge in [-0.05, 0) is 17.7 Å². The highest BCUT2D eigenvalue weighted by atomic mass is 19.4. The van der Waals surface area contributed by atoms with Crippen LogP contribution in [-0.2, 0) is 16.0 Å². The van der Waals surface area contributed by atoms with Gasteiger partial charge in [0.05, 0.1) is 23.2 Å². The van der Waals surface area contributed by atoms with E-state index in [0.29, 0.717) is 10.5 Å². The van der Waals surface area contributed by atoms with Crippen LogP contribution in [0.15, 0.2) is 54.6 Å². The number of nitrogens with zero attached hydrogens (tertiary/aromatic N) is 1. The number of fused-ring (bicyclic) bond motifs is 1. The van der Waals surface area contributed by atoms with E-state index in [4.69, 9.17) is 11.5 Å². The minimum absolute atomic E-state index is 0.0580. The predicted molar refractivity (Wildman–Crippen MR) is 103 cm³/mol. The molecule has 7 nitrogen and oxygen atoms in total. The number of ketones is 2. The van der Waals surface area contributed by atoms with Crippen LogP contribution in [-0.4, -0.2) is 52.6 Å². The molecule has 1 heterocycles. The summed E-state index contributed by atoms with van der Waals surface area (Å²) in [6, 6.07) is 8.11. The first-order chi connectivity index (χ1) is 14.5. The average molecular weight is 433 g/mol. The highest BCUT2D eigenvalue weighted by molar-refractivity contribution is 6.23. The summed E-state index contributed by atoms with van der Waals surface area (Å²) < 4.78 is 38.3. The first-order valence-electron chi connectivity index (χ1n) is 9.20. The van der Waals surface area contributed by atoms with Crippen molar-refractivity contribution < 1.29 is 32.3 Å². The number of imide groups is 1. The van der Waals surface area contributed by atoms with E-state index >= 15 is 0 Å². The van der Waals surface area contributed by atoms with Crippen LogP contribution in [0.3, 0.4) is 0 Å². The second kappa shape index (κ2) is 8.40. The molecule has 2 aromatic carbocycles. The Morgan fingerprint density at radius 1 is 0.839 bits per heavy atom. The van der Waals surface area contributed by atoms with Crippen molar-refractivity contribution in [2.24, 2.45) is 11.5 Å². The lowest BCUT2D eigenvalue weighted by Crippen LogP contribution is -2.60. The number of amides is 2. The van der Waals surface area contributed by atoms with Crippen molar-refractivity contribution in [2.45, 2.75) is 30.7 Å². The molecule has 2 amide bonds. The van der Waals surface area contributed by atoms with Gasteiger partial charge in [-0.3, -0.25) is 24.1 Å². The lowest BCUT2D eigenvalue weighted by atomic mass is 9.91. The molecule has 0 bridgehead atoms. The van der Waals surface area contributed by atoms with Gasteiger partial charge >= 0.3 is 6.18 Å². The minimum atomic E-state index is -5.29. The molecule has 1 aliphatic heterocycles. The van der Waals surface area contributed by atoms with E-state index in [1.54, 1.807) is 30.3 Å². The molecule has 162 valence electrons. The third kappa shape index (κ3) is 4.25. The summed E-state index contributed by atoms with van der Waals surface area (Å²) in [4.78, 5) is 51.0. The fourth-order valence-electron chi connectivity index (χ4n) is 3.40. The number of Topliss-reactive ketones (excluding diaryl/α,β-unsaturated/α-hetero) is 2. The number of nitrogens with two attached hydrogens (primary N) is 2. The molecule has 10 heteroatoms. The quantitative estimate of drug-likeness (QED) is 0.634. The smallest absolute Gasteiger partial charge is 0.320 e. The van der Waals surface area contributed by atoms with Crippen LogP contribution in [0.5, 0.6) is 0 Å². The number of carbonyl (C=O) groups is 4. The number of alkyl halides is 3. The first kappa shape index (κ1) is 22.3. The zero-order chi connectivity index (χ0) is 22.9. The summed E-state index contributed by atoms with van der Waals surface area (Å²) in [7, 11) is 0. The summed E-state index contributed by atoms with van der Waals surface area (Å²) in [6.45, 7) is 0. The van der Waals surface area contributed by atoms with E-state index in [2.05, 4.69) is 0 Å². The van der Waals surface area contributed by atoms with Crippen molar-refractivity contribution in [2.75, 3.05) is 0 Å². The van der Waals surface area contributed by atoms with Gasteiger partial charge < -0.3 is 11.5 Å². The van der Waals surface area contributed by atoms with Gasteiger partial charge in [0.25, 0.3) is 17.6 Å². The molecule has 0 radical (unpaired) electrons. The molecule has 0 aliphatic carbocycles. The van der Waals surface area contributed by atoms with Crippen LogP contribution < -0.4 is 11.5 Å². The highest BCUT2D eigenvalue weighted by Crippen LogP contribution is 2.27. The van der Waals surface area contributed by atoms with Crippen molar-refractivity contribution in [1.29, 1.82) is 0 Å². The maximum Gasteiger partial charge on any atom is 0.451 e. The Balaban J connectivity index is 1.98. The van der Waals surface area contributed by atoms with Gasteiger partial charge in [0, 0.05) is 6.42 Å². The van der Waals surface area contributed by atoms with Crippen molar-refractivity contribution in [3.05, 3.63) is 71.3 Å². The number of benzene rings is 2. The number of halogens is 3. The second-order valence-electron chi connectivity index (χ2n) is 7.05. The summed E-state index contributed by atoms with van der Waals surface area (Å²) in [6.07, 6.45) is -5.49. The Morgan fingerprint density at radius 3 is 1.81 bits per heavy atom. The number of hydrogen-bond donors (Lipinski definition) is 2. The molecule has 3 atom stereocenters. The maximum atomic E-state index is 13.1. The fourth-order valence-corrected chi connectivity index (χ4v) is 3.40. The number of hydrogen-bond acceptors (Lipinski definition) is 6. The van der Waals surface area contributed by atoms with Crippen molar-refractivity contribution >= 4 is 23.4 Å². The average Bonchev–Trinajstić information content (AvgIpc) is 3.00. The van der Waals surface area contributed by atoms with E-state index in [1.807, 2.05) is 0 Å². The fraction of sp³-hybridized carbons (Fsp3) is 0.238. The normalized spacial score (nSPS) is 16.6. The maximum absolute atomic E-state index is 13.1. The third-order valence-corrected chi connectivity index (χ3v) is 5.04. The number of rotatable bonds is 7. The lowest BCUT2D eigenvalue weighted by Gasteiger charge is -2.29. The standard InChI is InChI=1S/C21H18F3N3O4/c22-21(23,24)18(29)16(26)15(25)17(28)14(10-11-6-2-1-3-7-11)27-19(30)12-8-4-5-9-13(12)20(27)31/h1-9,14-16H,10,25-26H2. The summed E-state index contributed by atoms with van der Waals surface area (Å²) in [5.41, 5.74) is 11.6. The Bertz CT molecular complexity index is 1000. The van der Waals surface area contributed by atoms with Crippen molar-refractivity contribution in [1.82, 2.24) is 4.90 Å². The molecule has 3 unspecified atom stereocenters. The monoisotopic (exact) mass is 433 g/mol. The molecule has 0 aromatic heterocycles. The summed E-state index contributed by atoms with van der Waals surface area (Å²) in [5, 5.41) is 0. The van der Waals surface area contributed by atoms with Crippen LogP contribution in [0.2, 0.25) is 0 Å². The topological polar surface area (TPSA) is 124 Å². The van der Waals surface area contributed by atoms with Crippen molar-refractivity contribution in [3.63, 3.8) is 0 Å². The molecule has 4 N–H and O–H groups in total. The second-order valence-corrected chi connectivity index (χ2v) is 7.05. The van der Waals surface area contributed by atoms with Gasteiger partial charge in [-0.15, -0.1) is 0 Å². The van der Waals surface area contributed by atoms with Gasteiger partial charge in [-0.25, -0.2) is 0 Å². The molecular formula is C21H18F3N3O4. The molecule has 0 fully saturated rings. The summed E-state index contributed by atoms with van der Waals surface area (Å²) >= 11 is 0. The van der Waals surface area contributed by atoms with Gasteiger partial charge in [0.2, 0.25) is 0 Å². The summed E-state index contributed by atoms with van der Waals surface area (Å²) in [5.74, 6) is -5.05. The zero-order valence-electron chi connectivity index (χ0n) is 16.0. The van der Waals surface area contributed by atoms with Crippen LogP contribution >= 0.6 is 0 Å². The van der Waals surface area contributed by atoms with Gasteiger partial charge in [0.1, 0.15) is 6.04 Å². The van der Waals surface area contributed by atoms with Crippen LogP contribution in [0.25, 0.3) is 0 Å². The zero-order valence-corrected chi connectivity index (χ0v) is 16.0. The van der Waals surface area contributed by atoms with E-state index in [-0.39, 0.29) is 17.5 Å². The molecular weight excluding hydrogens is 415 g/mol. The Labute approximate surface area is 174 Å². The Hall–Kier alpha value is -3.37. The lowest BCUT2D eigenvalue weighted by molar-refractivity contribution is -0.173. The predicted octanol–water partition coefficient (Wildman–Crippen LogP) is 1.25. The van der Waals surface area contributed by atoms with E-state index in [9.17, 15) is 32.3 Å². The SMILES string of the molecule is NC(C(=O)C(Cc1ccccc1)N1C(=O)c2ccccc2C1=O)C(N)C(=O)C(F)(F)F. The molecule has 0 saturated carbocycles. The van der Waals surface area contributed by atoms with E-state index in [1.165, 1.54) is 24.3 Å². The molecule has 0 saturated heterocycles. The molecule has 2 aromatic rings. The molecule has 0 spiro atoms. The first-order valence-corrected chi connectivity index (χ1v) is 9.20. The van der Waals surface area contributed by atoms with Crippen molar-refractivity contribution in [3.8, 4) is 0 Å². The van der Waals surface area contributed by atoms with Crippen LogP contribution in [0, 0.1) is 0 Å². The van der Waals surface area contributed by atoms with E-state index < -0.39 is 47.7 Å². The highest BCUT2D eigenvalue weighted by Gasteiger charge is 2.49. The van der Waals surface area contributed by atoms with Gasteiger partial charge in [0.15, 0.2) is 5.78 Å². The third-order valence-electron chi connectivity index (χ3n) is 5.04. The largest absolute Gasteiger partial charge is 0.451 e. The van der Waals surface area contributed by atoms with Gasteiger partial charge in [-0.2, -0.15) is 13.2 Å². The van der Waals surface area contributed by atoms with Crippen LogP contribution in [0.1, 0.15) is 26.3 Å². The van der Waals surface area contributed by atoms with Gasteiger partial charge in [-0.1, -0.05) is 42.5 Å². The molecule has 31 heavy (non-hydrogen) atoms. The minimum Gasteiger partial charge on any atom is -0.320 e. The Kier molecular flexibility index (Phi) is 6.05. The molecule has 1 aliphatic rings.